The number of alkyl halides is 6. The van der Waals surface area contributed by atoms with Gasteiger partial charge in [-0.3, -0.25) is 11.5 Å². The molecule has 0 amide bonds. The van der Waals surface area contributed by atoms with Crippen molar-refractivity contribution in [3.63, 3.8) is 0 Å². The normalized spacial score (nSPS) is 15.5. The number of esters is 2. The van der Waals surface area contributed by atoms with Crippen LogP contribution >= 0.6 is 0 Å². The lowest BCUT2D eigenvalue weighted by Crippen LogP contribution is -2.46. The summed E-state index contributed by atoms with van der Waals surface area (Å²) < 4.78 is 85.0. The van der Waals surface area contributed by atoms with E-state index >= 15 is 0 Å². The monoisotopic (exact) mass is 524 g/mol. The van der Waals surface area contributed by atoms with Crippen LogP contribution < -0.4 is 11.5 Å². The summed E-state index contributed by atoms with van der Waals surface area (Å²) in [7, 11) is 0. The zero-order valence-corrected chi connectivity index (χ0v) is 18.3. The van der Waals surface area contributed by atoms with Gasteiger partial charge in [0.1, 0.15) is 0 Å². The fourth-order valence-electron chi connectivity index (χ4n) is 2.90. The van der Waals surface area contributed by atoms with Crippen molar-refractivity contribution in [2.45, 2.75) is 49.9 Å². The Morgan fingerprint density at radius 1 is 0.667 bits per heavy atom. The first-order valence-corrected chi connectivity index (χ1v) is 10.2. The van der Waals surface area contributed by atoms with E-state index in [1.54, 1.807) is 0 Å². The van der Waals surface area contributed by atoms with Gasteiger partial charge in [-0.05, 0) is 35.4 Å². The molecule has 0 aromatic heterocycles. The summed E-state index contributed by atoms with van der Waals surface area (Å²) in [4.78, 5) is 23.9. The van der Waals surface area contributed by atoms with Gasteiger partial charge in [0.15, 0.2) is 24.7 Å². The SMILES string of the molecule is NC(Cc1ccc(C(F)(F)F)cc1)OC(=O)C(O)C(O)C(=O)OC(N)Cc1ccc(C(F)(F)F)cc1. The van der Waals surface area contributed by atoms with Gasteiger partial charge in [0.05, 0.1) is 11.1 Å². The molecule has 0 saturated carbocycles. The third kappa shape index (κ3) is 8.48. The van der Waals surface area contributed by atoms with Crippen LogP contribution in [-0.4, -0.2) is 46.8 Å². The van der Waals surface area contributed by atoms with Crippen molar-refractivity contribution in [2.75, 3.05) is 0 Å². The Morgan fingerprint density at radius 2 is 0.944 bits per heavy atom. The van der Waals surface area contributed by atoms with Crippen LogP contribution in [0.5, 0.6) is 0 Å². The molecule has 0 heterocycles. The molecule has 0 aliphatic rings. The van der Waals surface area contributed by atoms with Gasteiger partial charge >= 0.3 is 24.3 Å². The van der Waals surface area contributed by atoms with Gasteiger partial charge in [-0.2, -0.15) is 26.3 Å². The van der Waals surface area contributed by atoms with Crippen LogP contribution in [-0.2, 0) is 44.3 Å². The second-order valence-corrected chi connectivity index (χ2v) is 7.64. The highest BCUT2D eigenvalue weighted by molar-refractivity contribution is 5.85. The van der Waals surface area contributed by atoms with Gasteiger partial charge in [0.25, 0.3) is 0 Å². The van der Waals surface area contributed by atoms with Gasteiger partial charge in [0, 0.05) is 12.8 Å². The molecule has 0 fully saturated rings. The maximum atomic E-state index is 12.6. The van der Waals surface area contributed by atoms with Gasteiger partial charge in [-0.25, -0.2) is 9.59 Å². The van der Waals surface area contributed by atoms with E-state index in [-0.39, 0.29) is 24.0 Å². The number of ether oxygens (including phenoxy) is 2. The van der Waals surface area contributed by atoms with E-state index in [9.17, 15) is 46.1 Å². The van der Waals surface area contributed by atoms with E-state index < -0.39 is 60.1 Å². The molecule has 4 unspecified atom stereocenters. The molecule has 0 bridgehead atoms. The Labute approximate surface area is 200 Å². The van der Waals surface area contributed by atoms with Crippen molar-refractivity contribution < 1.29 is 55.6 Å². The van der Waals surface area contributed by atoms with E-state index in [4.69, 9.17) is 20.9 Å². The molecule has 6 N–H and O–H groups in total. The third-order valence-electron chi connectivity index (χ3n) is 4.75. The van der Waals surface area contributed by atoms with Crippen LogP contribution in [0, 0.1) is 0 Å². The zero-order chi connectivity index (χ0) is 27.3. The van der Waals surface area contributed by atoms with Crippen molar-refractivity contribution in [1.82, 2.24) is 0 Å². The van der Waals surface area contributed by atoms with Crippen LogP contribution in [0.4, 0.5) is 26.3 Å². The quantitative estimate of drug-likeness (QED) is 0.221. The minimum absolute atomic E-state index is 0.241. The molecule has 2 aromatic rings. The third-order valence-corrected chi connectivity index (χ3v) is 4.75. The molecule has 0 saturated heterocycles. The molecule has 198 valence electrons. The lowest BCUT2D eigenvalue weighted by Gasteiger charge is -2.21. The van der Waals surface area contributed by atoms with Crippen LogP contribution in [0.2, 0.25) is 0 Å². The highest BCUT2D eigenvalue weighted by atomic mass is 19.4. The molecule has 4 atom stereocenters. The molecule has 0 aliphatic heterocycles. The molecule has 0 radical (unpaired) electrons. The fraction of sp³-hybridized carbons (Fsp3) is 0.364. The molecule has 0 spiro atoms. The molecule has 36 heavy (non-hydrogen) atoms. The summed E-state index contributed by atoms with van der Waals surface area (Å²) in [5, 5.41) is 19.7. The Balaban J connectivity index is 1.85. The number of nitrogens with two attached hydrogens (primary N) is 2. The fourth-order valence-corrected chi connectivity index (χ4v) is 2.90. The minimum atomic E-state index is -4.54. The summed E-state index contributed by atoms with van der Waals surface area (Å²) in [5.41, 5.74) is 9.91. The molecule has 8 nitrogen and oxygen atoms in total. The van der Waals surface area contributed by atoms with Crippen molar-refractivity contribution in [3.8, 4) is 0 Å². The number of carbonyl (C=O) groups excluding carboxylic acids is 2. The first-order valence-electron chi connectivity index (χ1n) is 10.2. The number of rotatable bonds is 9. The summed E-state index contributed by atoms with van der Waals surface area (Å²) in [5.74, 6) is -3.04. The molecule has 0 aliphatic carbocycles. The second kappa shape index (κ2) is 11.7. The summed E-state index contributed by atoms with van der Waals surface area (Å²) in [6.07, 6.45) is -17.3. The Bertz CT molecular complexity index is 944. The van der Waals surface area contributed by atoms with E-state index in [1.165, 1.54) is 0 Å². The van der Waals surface area contributed by atoms with Crippen molar-refractivity contribution in [1.29, 1.82) is 0 Å². The van der Waals surface area contributed by atoms with Crippen LogP contribution in [0.15, 0.2) is 48.5 Å². The second-order valence-electron chi connectivity index (χ2n) is 7.64. The van der Waals surface area contributed by atoms with Gasteiger partial charge in [-0.1, -0.05) is 24.3 Å². The number of aliphatic hydroxyl groups excluding tert-OH is 2. The van der Waals surface area contributed by atoms with Crippen molar-refractivity contribution in [3.05, 3.63) is 70.8 Å². The van der Waals surface area contributed by atoms with Gasteiger partial charge in [-0.15, -0.1) is 0 Å². The maximum absolute atomic E-state index is 12.6. The molecule has 14 heteroatoms. The zero-order valence-electron chi connectivity index (χ0n) is 18.3. The number of halogens is 6. The number of hydrogen-bond acceptors (Lipinski definition) is 8. The van der Waals surface area contributed by atoms with Crippen LogP contribution in [0.3, 0.4) is 0 Å². The maximum Gasteiger partial charge on any atom is 0.416 e. The molecular weight excluding hydrogens is 502 g/mol. The number of hydrogen-bond donors (Lipinski definition) is 4. The number of carbonyl (C=O) groups is 2. The first kappa shape index (κ1) is 29.0. The highest BCUT2D eigenvalue weighted by Crippen LogP contribution is 2.30. The van der Waals surface area contributed by atoms with Crippen LogP contribution in [0.25, 0.3) is 0 Å². The van der Waals surface area contributed by atoms with Crippen molar-refractivity contribution >= 4 is 11.9 Å². The lowest BCUT2D eigenvalue weighted by molar-refractivity contribution is -0.178. The lowest BCUT2D eigenvalue weighted by atomic mass is 10.1. The van der Waals surface area contributed by atoms with E-state index in [1.807, 2.05) is 0 Å². The Hall–Kier alpha value is -3.20. The highest BCUT2D eigenvalue weighted by Gasteiger charge is 2.35. The summed E-state index contributed by atoms with van der Waals surface area (Å²) in [6.45, 7) is 0. The Morgan fingerprint density at radius 3 is 1.19 bits per heavy atom. The van der Waals surface area contributed by atoms with Gasteiger partial charge in [0.2, 0.25) is 0 Å². The topological polar surface area (TPSA) is 145 Å². The average molecular weight is 524 g/mol. The molecule has 2 aromatic carbocycles. The van der Waals surface area contributed by atoms with E-state index in [0.29, 0.717) is 0 Å². The van der Waals surface area contributed by atoms with Crippen LogP contribution in [0.1, 0.15) is 22.3 Å². The van der Waals surface area contributed by atoms with Crippen molar-refractivity contribution in [2.24, 2.45) is 11.5 Å². The largest absolute Gasteiger partial charge is 0.444 e. The average Bonchev–Trinajstić information content (AvgIpc) is 2.77. The first-order chi connectivity index (χ1) is 16.6. The van der Waals surface area contributed by atoms with Gasteiger partial charge < -0.3 is 19.7 Å². The molecule has 2 rings (SSSR count). The smallest absolute Gasteiger partial charge is 0.416 e. The van der Waals surface area contributed by atoms with E-state index in [0.717, 1.165) is 48.5 Å². The summed E-state index contributed by atoms with van der Waals surface area (Å²) >= 11 is 0. The Kier molecular flexibility index (Phi) is 9.43. The number of aliphatic hydroxyl groups is 2. The predicted octanol–water partition coefficient (Wildman–Crippen LogP) is 1.89. The number of benzene rings is 2. The standard InChI is InChI=1S/C22H22F6N2O6/c23-21(24,25)13-5-1-11(2-6-13)9-15(29)35-19(33)17(31)18(32)20(34)36-16(30)10-12-3-7-14(8-4-12)22(26,27)28/h1-8,15-18,31-32H,9-10,29-30H2. The minimum Gasteiger partial charge on any atom is -0.444 e. The van der Waals surface area contributed by atoms with E-state index in [2.05, 4.69) is 0 Å². The predicted molar refractivity (Wildman–Crippen MR) is 110 cm³/mol. The molecular formula is C22H22F6N2O6. The summed E-state index contributed by atoms with van der Waals surface area (Å²) in [6, 6.07) is 7.63.